The van der Waals surface area contributed by atoms with Crippen LogP contribution in [0.5, 0.6) is 0 Å². The molecule has 9 nitrogen and oxygen atoms in total. The van der Waals surface area contributed by atoms with E-state index >= 15 is 0 Å². The third kappa shape index (κ3) is 4.12. The number of rotatable bonds is 6. The molecule has 3 aromatic heterocycles. The first-order valence-corrected chi connectivity index (χ1v) is 9.98. The maximum Gasteiger partial charge on any atom is 0.373 e. The van der Waals surface area contributed by atoms with Gasteiger partial charge in [-0.1, -0.05) is 25.6 Å². The van der Waals surface area contributed by atoms with Crippen molar-refractivity contribution in [2.45, 2.75) is 31.0 Å². The zero-order chi connectivity index (χ0) is 21.3. The van der Waals surface area contributed by atoms with Crippen molar-refractivity contribution < 1.29 is 13.9 Å². The minimum atomic E-state index is -0.558. The summed E-state index contributed by atoms with van der Waals surface area (Å²) in [6, 6.07) is 3.21. The van der Waals surface area contributed by atoms with E-state index in [1.165, 1.54) is 36.6 Å². The SMILES string of the molecule is COC(=O)c1ccc(CSc2nc(CC(C)C)nc3c2c(=O)n(C)c(=O)n3C)o1. The molecule has 0 amide bonds. The number of ether oxygens (including phenoxy) is 1. The molecule has 0 N–H and O–H groups in total. The molecule has 3 rings (SSSR count). The standard InChI is InChI=1S/C19H22N4O5S/c1-10(2)8-13-20-15-14(17(24)23(4)19(26)22(15)3)16(21-13)29-9-11-6-7-12(28-11)18(25)27-5/h6-7,10H,8-9H2,1-5H3. The minimum Gasteiger partial charge on any atom is -0.463 e. The maximum absolute atomic E-state index is 12.8. The Morgan fingerprint density at radius 1 is 1.21 bits per heavy atom. The Balaban J connectivity index is 2.07. The number of methoxy groups -OCH3 is 1. The van der Waals surface area contributed by atoms with E-state index in [1.54, 1.807) is 13.1 Å². The summed E-state index contributed by atoms with van der Waals surface area (Å²) in [4.78, 5) is 45.7. The van der Waals surface area contributed by atoms with Gasteiger partial charge in [0.15, 0.2) is 5.65 Å². The van der Waals surface area contributed by atoms with Crippen LogP contribution < -0.4 is 11.2 Å². The van der Waals surface area contributed by atoms with Gasteiger partial charge < -0.3 is 9.15 Å². The fourth-order valence-corrected chi connectivity index (χ4v) is 3.77. The monoisotopic (exact) mass is 418 g/mol. The highest BCUT2D eigenvalue weighted by Crippen LogP contribution is 2.27. The first-order valence-electron chi connectivity index (χ1n) is 8.99. The number of hydrogen-bond donors (Lipinski definition) is 0. The van der Waals surface area contributed by atoms with E-state index in [2.05, 4.69) is 14.7 Å². The molecular weight excluding hydrogens is 396 g/mol. The molecule has 0 spiro atoms. The Bertz CT molecular complexity index is 1190. The van der Waals surface area contributed by atoms with E-state index in [-0.39, 0.29) is 11.1 Å². The van der Waals surface area contributed by atoms with Gasteiger partial charge in [0.05, 0.1) is 12.9 Å². The zero-order valence-electron chi connectivity index (χ0n) is 16.9. The number of aryl methyl sites for hydroxylation is 1. The second kappa shape index (κ2) is 8.24. The van der Waals surface area contributed by atoms with Gasteiger partial charge in [0.2, 0.25) is 5.76 Å². The molecule has 0 unspecified atom stereocenters. The first-order chi connectivity index (χ1) is 13.7. The molecule has 0 atom stereocenters. The molecule has 154 valence electrons. The molecule has 0 aliphatic heterocycles. The van der Waals surface area contributed by atoms with Crippen molar-refractivity contribution in [1.82, 2.24) is 19.1 Å². The summed E-state index contributed by atoms with van der Waals surface area (Å²) >= 11 is 1.29. The average Bonchev–Trinajstić information content (AvgIpc) is 3.16. The van der Waals surface area contributed by atoms with E-state index in [0.717, 1.165) is 4.57 Å². The lowest BCUT2D eigenvalue weighted by atomic mass is 10.1. The van der Waals surface area contributed by atoms with Crippen LogP contribution in [-0.4, -0.2) is 32.2 Å². The molecule has 29 heavy (non-hydrogen) atoms. The Kier molecular flexibility index (Phi) is 5.92. The van der Waals surface area contributed by atoms with E-state index in [1.807, 2.05) is 13.8 Å². The zero-order valence-corrected chi connectivity index (χ0v) is 17.7. The predicted octanol–water partition coefficient (Wildman–Crippen LogP) is 1.90. The van der Waals surface area contributed by atoms with Crippen LogP contribution in [0.25, 0.3) is 11.0 Å². The number of carbonyl (C=O) groups excluding carboxylic acids is 1. The topological polar surface area (TPSA) is 109 Å². The largest absolute Gasteiger partial charge is 0.463 e. The summed E-state index contributed by atoms with van der Waals surface area (Å²) in [6.07, 6.45) is 0.611. The number of furan rings is 1. The lowest BCUT2D eigenvalue weighted by Gasteiger charge is -2.12. The Hall–Kier alpha value is -2.88. The third-order valence-corrected chi connectivity index (χ3v) is 5.30. The van der Waals surface area contributed by atoms with Crippen LogP contribution >= 0.6 is 11.8 Å². The van der Waals surface area contributed by atoms with E-state index in [4.69, 9.17) is 4.42 Å². The lowest BCUT2D eigenvalue weighted by Crippen LogP contribution is -2.37. The molecule has 3 heterocycles. The van der Waals surface area contributed by atoms with Crippen molar-refractivity contribution in [1.29, 1.82) is 0 Å². The summed E-state index contributed by atoms with van der Waals surface area (Å²) in [5.74, 6) is 1.30. The summed E-state index contributed by atoms with van der Waals surface area (Å²) in [6.45, 7) is 4.08. The van der Waals surface area contributed by atoms with Crippen LogP contribution in [0.1, 0.15) is 36.0 Å². The highest BCUT2D eigenvalue weighted by atomic mass is 32.2. The van der Waals surface area contributed by atoms with Crippen molar-refractivity contribution in [2.75, 3.05) is 7.11 Å². The summed E-state index contributed by atoms with van der Waals surface area (Å²) in [5, 5.41) is 0.754. The van der Waals surface area contributed by atoms with Crippen LogP contribution in [0.4, 0.5) is 0 Å². The van der Waals surface area contributed by atoms with Crippen LogP contribution in [-0.2, 0) is 31.0 Å². The molecule has 10 heteroatoms. The average molecular weight is 418 g/mol. The molecule has 0 aliphatic rings. The fraction of sp³-hybridized carbons (Fsp3) is 0.421. The molecule has 0 saturated carbocycles. The van der Waals surface area contributed by atoms with Gasteiger partial charge in [-0.15, -0.1) is 0 Å². The van der Waals surface area contributed by atoms with Crippen LogP contribution in [0.15, 0.2) is 31.2 Å². The van der Waals surface area contributed by atoms with Gasteiger partial charge in [-0.3, -0.25) is 13.9 Å². The molecule has 0 bridgehead atoms. The van der Waals surface area contributed by atoms with Gasteiger partial charge in [0, 0.05) is 20.5 Å². The van der Waals surface area contributed by atoms with E-state index < -0.39 is 17.2 Å². The molecule has 0 saturated heterocycles. The second-order valence-corrected chi connectivity index (χ2v) is 7.96. The second-order valence-electron chi connectivity index (χ2n) is 6.99. The molecule has 0 radical (unpaired) electrons. The van der Waals surface area contributed by atoms with Crippen molar-refractivity contribution >= 4 is 28.8 Å². The number of fused-ring (bicyclic) bond motifs is 1. The smallest absolute Gasteiger partial charge is 0.373 e. The van der Waals surface area contributed by atoms with Crippen LogP contribution in [0.3, 0.4) is 0 Å². The summed E-state index contributed by atoms with van der Waals surface area (Å²) in [7, 11) is 4.29. The lowest BCUT2D eigenvalue weighted by molar-refractivity contribution is 0.0563. The van der Waals surface area contributed by atoms with Gasteiger partial charge in [0.25, 0.3) is 5.56 Å². The normalized spacial score (nSPS) is 11.4. The Morgan fingerprint density at radius 2 is 1.93 bits per heavy atom. The third-order valence-electron chi connectivity index (χ3n) is 4.30. The van der Waals surface area contributed by atoms with Gasteiger partial charge >= 0.3 is 11.7 Å². The van der Waals surface area contributed by atoms with Crippen LogP contribution in [0.2, 0.25) is 0 Å². The van der Waals surface area contributed by atoms with Crippen molar-refractivity contribution in [3.05, 3.63) is 50.3 Å². The van der Waals surface area contributed by atoms with Crippen molar-refractivity contribution in [3.8, 4) is 0 Å². The van der Waals surface area contributed by atoms with Gasteiger partial charge in [-0.2, -0.15) is 0 Å². The molecule has 0 fully saturated rings. The summed E-state index contributed by atoms with van der Waals surface area (Å²) in [5.41, 5.74) is -0.585. The molecule has 0 aliphatic carbocycles. The van der Waals surface area contributed by atoms with Gasteiger partial charge in [-0.05, 0) is 18.1 Å². The quantitative estimate of drug-likeness (QED) is 0.339. The number of carbonyl (C=O) groups is 1. The molecule has 0 aromatic carbocycles. The maximum atomic E-state index is 12.8. The summed E-state index contributed by atoms with van der Waals surface area (Å²) < 4.78 is 12.5. The fourth-order valence-electron chi connectivity index (χ4n) is 2.84. The number of esters is 1. The number of nitrogens with zero attached hydrogens (tertiary/aromatic N) is 4. The Morgan fingerprint density at radius 3 is 2.59 bits per heavy atom. The predicted molar refractivity (Wildman–Crippen MR) is 108 cm³/mol. The van der Waals surface area contributed by atoms with Gasteiger partial charge in [0.1, 0.15) is 22.0 Å². The molecular formula is C19H22N4O5S. The van der Waals surface area contributed by atoms with Crippen molar-refractivity contribution in [2.24, 2.45) is 20.0 Å². The number of aromatic nitrogens is 4. The highest BCUT2D eigenvalue weighted by Gasteiger charge is 2.19. The van der Waals surface area contributed by atoms with E-state index in [0.29, 0.717) is 40.3 Å². The first kappa shape index (κ1) is 20.8. The minimum absolute atomic E-state index is 0.106. The Labute approximate surface area is 170 Å². The van der Waals surface area contributed by atoms with Crippen LogP contribution in [0, 0.1) is 5.92 Å². The highest BCUT2D eigenvalue weighted by molar-refractivity contribution is 7.98. The number of thioether (sulfide) groups is 1. The number of hydrogen-bond acceptors (Lipinski definition) is 8. The van der Waals surface area contributed by atoms with E-state index in [9.17, 15) is 14.4 Å². The van der Waals surface area contributed by atoms with Crippen molar-refractivity contribution in [3.63, 3.8) is 0 Å². The van der Waals surface area contributed by atoms with Gasteiger partial charge in [-0.25, -0.2) is 19.6 Å². The molecule has 3 aromatic rings.